The van der Waals surface area contributed by atoms with E-state index in [9.17, 15) is 9.59 Å². The minimum absolute atomic E-state index is 0.109. The number of aryl methyl sites for hydroxylation is 2. The van der Waals surface area contributed by atoms with Crippen LogP contribution in [0.2, 0.25) is 0 Å². The molecule has 0 aromatic carbocycles. The molecule has 3 heterocycles. The summed E-state index contributed by atoms with van der Waals surface area (Å²) in [6, 6.07) is 1.64. The fourth-order valence-corrected chi connectivity index (χ4v) is 4.46. The van der Waals surface area contributed by atoms with Crippen LogP contribution in [0.1, 0.15) is 36.4 Å². The molecule has 1 amide bonds. The number of thiophene rings is 1. The first-order chi connectivity index (χ1) is 12.9. The summed E-state index contributed by atoms with van der Waals surface area (Å²) >= 11 is 2.71. The van der Waals surface area contributed by atoms with Gasteiger partial charge in [-0.2, -0.15) is 0 Å². The van der Waals surface area contributed by atoms with Gasteiger partial charge in [-0.1, -0.05) is 37.2 Å². The van der Waals surface area contributed by atoms with E-state index >= 15 is 0 Å². The molecular formula is C18H22N4O3S2. The van der Waals surface area contributed by atoms with Crippen molar-refractivity contribution in [2.45, 2.75) is 45.7 Å². The molecule has 0 saturated carbocycles. The third-order valence-corrected chi connectivity index (χ3v) is 6.24. The van der Waals surface area contributed by atoms with Crippen molar-refractivity contribution in [3.63, 3.8) is 0 Å². The fourth-order valence-electron chi connectivity index (χ4n) is 2.69. The number of anilines is 1. The average Bonchev–Trinajstić information content (AvgIpc) is 3.16. The van der Waals surface area contributed by atoms with Crippen molar-refractivity contribution >= 4 is 45.1 Å². The van der Waals surface area contributed by atoms with Gasteiger partial charge in [0.1, 0.15) is 4.83 Å². The van der Waals surface area contributed by atoms with Crippen LogP contribution in [-0.4, -0.2) is 26.8 Å². The Morgan fingerprint density at radius 3 is 2.89 bits per heavy atom. The normalized spacial score (nSPS) is 12.4. The Morgan fingerprint density at radius 2 is 2.22 bits per heavy atom. The molecule has 0 aliphatic carbocycles. The van der Waals surface area contributed by atoms with Crippen molar-refractivity contribution in [2.24, 2.45) is 5.92 Å². The molecule has 0 bridgehead atoms. The van der Waals surface area contributed by atoms with Crippen molar-refractivity contribution in [2.75, 3.05) is 11.1 Å². The minimum Gasteiger partial charge on any atom is -0.338 e. The highest BCUT2D eigenvalue weighted by Crippen LogP contribution is 2.30. The van der Waals surface area contributed by atoms with E-state index in [1.807, 2.05) is 6.92 Å². The molecule has 27 heavy (non-hydrogen) atoms. The van der Waals surface area contributed by atoms with Crippen LogP contribution in [0.5, 0.6) is 0 Å². The number of nitrogens with one attached hydrogen (secondary N) is 2. The van der Waals surface area contributed by atoms with Gasteiger partial charge in [0.05, 0.1) is 16.8 Å². The lowest BCUT2D eigenvalue weighted by Crippen LogP contribution is -2.15. The van der Waals surface area contributed by atoms with E-state index < -0.39 is 0 Å². The molecule has 144 valence electrons. The van der Waals surface area contributed by atoms with E-state index in [1.165, 1.54) is 23.1 Å². The number of aromatic nitrogens is 3. The third kappa shape index (κ3) is 4.59. The summed E-state index contributed by atoms with van der Waals surface area (Å²) in [5, 5.41) is 7.46. The summed E-state index contributed by atoms with van der Waals surface area (Å²) in [6.07, 6.45) is 1.94. The van der Waals surface area contributed by atoms with Crippen LogP contribution < -0.4 is 10.9 Å². The second-order valence-electron chi connectivity index (χ2n) is 6.57. The number of thioether (sulfide) groups is 1. The number of hydrogen-bond donors (Lipinski definition) is 2. The zero-order valence-electron chi connectivity index (χ0n) is 15.7. The van der Waals surface area contributed by atoms with Crippen LogP contribution >= 0.6 is 23.1 Å². The Morgan fingerprint density at radius 1 is 1.44 bits per heavy atom. The van der Waals surface area contributed by atoms with Gasteiger partial charge in [-0.3, -0.25) is 14.9 Å². The number of carbonyl (C=O) groups is 1. The number of amides is 1. The summed E-state index contributed by atoms with van der Waals surface area (Å²) < 4.78 is 4.96. The molecule has 2 N–H and O–H groups in total. The number of aromatic amines is 1. The molecule has 0 aliphatic rings. The highest BCUT2D eigenvalue weighted by molar-refractivity contribution is 7.99. The van der Waals surface area contributed by atoms with E-state index in [1.54, 1.807) is 13.0 Å². The van der Waals surface area contributed by atoms with E-state index in [0.717, 1.165) is 28.1 Å². The molecule has 1 unspecified atom stereocenters. The molecule has 7 nitrogen and oxygen atoms in total. The predicted octanol–water partition coefficient (Wildman–Crippen LogP) is 3.91. The molecule has 3 aromatic rings. The van der Waals surface area contributed by atoms with Gasteiger partial charge in [-0.25, -0.2) is 4.98 Å². The fraction of sp³-hybridized carbons (Fsp3) is 0.444. The SMILES string of the molecule is CCC(C)Cc1c(C)sc2nc(SCC(=O)Nc3cc(C)no3)[nH]c(=O)c12. The lowest BCUT2D eigenvalue weighted by molar-refractivity contribution is -0.113. The van der Waals surface area contributed by atoms with Gasteiger partial charge >= 0.3 is 0 Å². The van der Waals surface area contributed by atoms with Crippen molar-refractivity contribution in [1.29, 1.82) is 0 Å². The van der Waals surface area contributed by atoms with Crippen molar-refractivity contribution in [3.05, 3.63) is 32.6 Å². The highest BCUT2D eigenvalue weighted by Gasteiger charge is 2.17. The topological polar surface area (TPSA) is 101 Å². The molecule has 1 atom stereocenters. The van der Waals surface area contributed by atoms with E-state index in [0.29, 0.717) is 28.0 Å². The molecule has 0 fully saturated rings. The maximum Gasteiger partial charge on any atom is 0.260 e. The Balaban J connectivity index is 1.74. The largest absolute Gasteiger partial charge is 0.338 e. The summed E-state index contributed by atoms with van der Waals surface area (Å²) in [4.78, 5) is 33.8. The Bertz CT molecular complexity index is 1020. The number of hydrogen-bond acceptors (Lipinski definition) is 7. The van der Waals surface area contributed by atoms with Crippen LogP contribution in [0.25, 0.3) is 10.2 Å². The molecule has 3 aromatic heterocycles. The molecule has 9 heteroatoms. The third-order valence-electron chi connectivity index (χ3n) is 4.32. The van der Waals surface area contributed by atoms with Gasteiger partial charge < -0.3 is 9.51 Å². The first kappa shape index (κ1) is 19.6. The quantitative estimate of drug-likeness (QED) is 0.456. The lowest BCUT2D eigenvalue weighted by Gasteiger charge is -2.08. The van der Waals surface area contributed by atoms with Crippen LogP contribution in [0.15, 0.2) is 20.5 Å². The van der Waals surface area contributed by atoms with E-state index in [4.69, 9.17) is 4.52 Å². The zero-order valence-corrected chi connectivity index (χ0v) is 17.3. The minimum atomic E-state index is -0.251. The molecule has 3 rings (SSSR count). The van der Waals surface area contributed by atoms with Gasteiger partial charge in [0.2, 0.25) is 11.8 Å². The number of rotatable bonds is 7. The van der Waals surface area contributed by atoms with Crippen molar-refractivity contribution < 1.29 is 9.32 Å². The lowest BCUT2D eigenvalue weighted by atomic mass is 9.98. The highest BCUT2D eigenvalue weighted by atomic mass is 32.2. The number of fused-ring (bicyclic) bond motifs is 1. The number of carbonyl (C=O) groups excluding carboxylic acids is 1. The van der Waals surface area contributed by atoms with Crippen molar-refractivity contribution in [3.8, 4) is 0 Å². The summed E-state index contributed by atoms with van der Waals surface area (Å²) in [5.41, 5.74) is 1.64. The van der Waals surface area contributed by atoms with Crippen LogP contribution in [0, 0.1) is 19.8 Å². The Kier molecular flexibility index (Phi) is 6.01. The Hall–Kier alpha value is -2.13. The maximum absolute atomic E-state index is 12.6. The molecule has 0 saturated heterocycles. The van der Waals surface area contributed by atoms with Crippen LogP contribution in [-0.2, 0) is 11.2 Å². The second kappa shape index (κ2) is 8.26. The second-order valence-corrected chi connectivity index (χ2v) is 8.74. The van der Waals surface area contributed by atoms with E-state index in [-0.39, 0.29) is 17.2 Å². The first-order valence-electron chi connectivity index (χ1n) is 8.75. The zero-order chi connectivity index (χ0) is 19.6. The number of H-pyrrole nitrogens is 1. The van der Waals surface area contributed by atoms with Gasteiger partial charge in [0.15, 0.2) is 5.16 Å². The molecule has 0 aliphatic heterocycles. The van der Waals surface area contributed by atoms with Crippen LogP contribution in [0.3, 0.4) is 0 Å². The number of nitrogens with zero attached hydrogens (tertiary/aromatic N) is 2. The maximum atomic E-state index is 12.6. The van der Waals surface area contributed by atoms with Crippen LogP contribution in [0.4, 0.5) is 5.88 Å². The van der Waals surface area contributed by atoms with Gasteiger partial charge in [0, 0.05) is 10.9 Å². The Labute approximate surface area is 164 Å². The summed E-state index contributed by atoms with van der Waals surface area (Å²) in [5.74, 6) is 0.675. The van der Waals surface area contributed by atoms with Gasteiger partial charge in [-0.15, -0.1) is 11.3 Å². The average molecular weight is 407 g/mol. The molecule has 0 spiro atoms. The smallest absolute Gasteiger partial charge is 0.260 e. The summed E-state index contributed by atoms with van der Waals surface area (Å²) in [6.45, 7) is 8.14. The molecule has 0 radical (unpaired) electrons. The van der Waals surface area contributed by atoms with Gasteiger partial charge in [0.25, 0.3) is 5.56 Å². The van der Waals surface area contributed by atoms with Gasteiger partial charge in [-0.05, 0) is 31.7 Å². The summed E-state index contributed by atoms with van der Waals surface area (Å²) in [7, 11) is 0. The first-order valence-corrected chi connectivity index (χ1v) is 10.6. The monoisotopic (exact) mass is 406 g/mol. The standard InChI is InChI=1S/C18H22N4O3S2/c1-5-9(2)6-12-11(4)27-17-15(12)16(24)20-18(21-17)26-8-13(23)19-14-7-10(3)22-25-14/h7,9H,5-6,8H2,1-4H3,(H,19,23)(H,20,21,24). The predicted molar refractivity (Wildman–Crippen MR) is 109 cm³/mol. The van der Waals surface area contributed by atoms with E-state index in [2.05, 4.69) is 34.3 Å². The van der Waals surface area contributed by atoms with Crippen molar-refractivity contribution in [1.82, 2.24) is 15.1 Å². The molecular weight excluding hydrogens is 384 g/mol.